The SMILES string of the molecule is COCCCNC(=O)[C@H](N)Cc1ccc(O)cc1. The zero-order valence-electron chi connectivity index (χ0n) is 10.6. The maximum absolute atomic E-state index is 11.7. The summed E-state index contributed by atoms with van der Waals surface area (Å²) in [6.07, 6.45) is 1.23. The maximum atomic E-state index is 11.7. The Labute approximate surface area is 107 Å². The van der Waals surface area contributed by atoms with Crippen molar-refractivity contribution in [3.8, 4) is 5.75 Å². The molecule has 4 N–H and O–H groups in total. The smallest absolute Gasteiger partial charge is 0.237 e. The van der Waals surface area contributed by atoms with Crippen molar-refractivity contribution >= 4 is 5.91 Å². The van der Waals surface area contributed by atoms with Crippen LogP contribution in [0.5, 0.6) is 5.75 Å². The van der Waals surface area contributed by atoms with Crippen molar-refractivity contribution in [2.75, 3.05) is 20.3 Å². The molecule has 1 amide bonds. The Morgan fingerprint density at radius 2 is 2.11 bits per heavy atom. The van der Waals surface area contributed by atoms with E-state index in [1.54, 1.807) is 31.4 Å². The molecule has 0 aliphatic heterocycles. The topological polar surface area (TPSA) is 84.6 Å². The monoisotopic (exact) mass is 252 g/mol. The summed E-state index contributed by atoms with van der Waals surface area (Å²) in [6.45, 7) is 1.18. The third-order valence-corrected chi connectivity index (χ3v) is 2.55. The molecule has 1 rings (SSSR count). The molecule has 0 unspecified atom stereocenters. The van der Waals surface area contributed by atoms with Gasteiger partial charge in [0.2, 0.25) is 5.91 Å². The first-order valence-electron chi connectivity index (χ1n) is 5.93. The second-order valence-corrected chi connectivity index (χ2v) is 4.11. The molecule has 18 heavy (non-hydrogen) atoms. The number of phenols is 1. The van der Waals surface area contributed by atoms with Gasteiger partial charge in [-0.25, -0.2) is 0 Å². The number of amides is 1. The molecule has 0 radical (unpaired) electrons. The number of phenolic OH excluding ortho intramolecular Hbond substituents is 1. The van der Waals surface area contributed by atoms with E-state index in [1.165, 1.54) is 0 Å². The summed E-state index contributed by atoms with van der Waals surface area (Å²) in [7, 11) is 1.62. The van der Waals surface area contributed by atoms with E-state index < -0.39 is 6.04 Å². The molecule has 0 bridgehead atoms. The number of hydrogen-bond donors (Lipinski definition) is 3. The summed E-state index contributed by atoms with van der Waals surface area (Å²) >= 11 is 0. The molecule has 0 aromatic heterocycles. The van der Waals surface area contributed by atoms with Gasteiger partial charge in [-0.15, -0.1) is 0 Å². The van der Waals surface area contributed by atoms with E-state index in [4.69, 9.17) is 15.6 Å². The average molecular weight is 252 g/mol. The standard InChI is InChI=1S/C13H20N2O3/c1-18-8-2-7-15-13(17)12(14)9-10-3-5-11(16)6-4-10/h3-6,12,16H,2,7-9,14H2,1H3,(H,15,17)/t12-/m1/s1. The van der Waals surface area contributed by atoms with Gasteiger partial charge in [0, 0.05) is 20.3 Å². The minimum absolute atomic E-state index is 0.167. The van der Waals surface area contributed by atoms with E-state index in [0.29, 0.717) is 19.6 Å². The Balaban J connectivity index is 2.33. The quantitative estimate of drug-likeness (QED) is 0.614. The van der Waals surface area contributed by atoms with Crippen LogP contribution in [0.4, 0.5) is 0 Å². The summed E-state index contributed by atoms with van der Waals surface area (Å²) in [5.74, 6) is 0.0375. The van der Waals surface area contributed by atoms with E-state index >= 15 is 0 Å². The molecule has 5 nitrogen and oxygen atoms in total. The number of methoxy groups -OCH3 is 1. The van der Waals surface area contributed by atoms with E-state index in [0.717, 1.165) is 12.0 Å². The summed E-state index contributed by atoms with van der Waals surface area (Å²) < 4.78 is 4.88. The van der Waals surface area contributed by atoms with Crippen LogP contribution in [0.3, 0.4) is 0 Å². The highest BCUT2D eigenvalue weighted by molar-refractivity contribution is 5.81. The minimum Gasteiger partial charge on any atom is -0.508 e. The third kappa shape index (κ3) is 5.16. The van der Waals surface area contributed by atoms with Gasteiger partial charge >= 0.3 is 0 Å². The maximum Gasteiger partial charge on any atom is 0.237 e. The van der Waals surface area contributed by atoms with Crippen LogP contribution in [-0.4, -0.2) is 37.3 Å². The largest absolute Gasteiger partial charge is 0.508 e. The fraction of sp³-hybridized carbons (Fsp3) is 0.462. The van der Waals surface area contributed by atoms with Crippen LogP contribution in [0.1, 0.15) is 12.0 Å². The number of rotatable bonds is 7. The molecule has 0 fully saturated rings. The summed E-state index contributed by atoms with van der Waals surface area (Å²) in [6, 6.07) is 6.11. The molecule has 0 aliphatic rings. The second-order valence-electron chi connectivity index (χ2n) is 4.11. The number of carbonyl (C=O) groups excluding carboxylic acids is 1. The van der Waals surface area contributed by atoms with Crippen LogP contribution in [0.25, 0.3) is 0 Å². The average Bonchev–Trinajstić information content (AvgIpc) is 2.37. The van der Waals surface area contributed by atoms with Gasteiger partial charge in [0.1, 0.15) is 5.75 Å². The molecule has 5 heteroatoms. The van der Waals surface area contributed by atoms with Crippen LogP contribution in [0, 0.1) is 0 Å². The lowest BCUT2D eigenvalue weighted by molar-refractivity contribution is -0.122. The lowest BCUT2D eigenvalue weighted by Crippen LogP contribution is -2.42. The summed E-state index contributed by atoms with van der Waals surface area (Å²) in [5.41, 5.74) is 6.72. The Morgan fingerprint density at radius 1 is 1.44 bits per heavy atom. The lowest BCUT2D eigenvalue weighted by Gasteiger charge is -2.12. The molecule has 1 aromatic carbocycles. The van der Waals surface area contributed by atoms with Gasteiger partial charge in [-0.3, -0.25) is 4.79 Å². The fourth-order valence-corrected chi connectivity index (χ4v) is 1.54. The number of carbonyl (C=O) groups is 1. The van der Waals surface area contributed by atoms with Gasteiger partial charge in [0.15, 0.2) is 0 Å². The molecule has 0 heterocycles. The molecule has 100 valence electrons. The van der Waals surface area contributed by atoms with Crippen molar-refractivity contribution in [3.63, 3.8) is 0 Å². The van der Waals surface area contributed by atoms with E-state index in [1.807, 2.05) is 0 Å². The van der Waals surface area contributed by atoms with E-state index in [-0.39, 0.29) is 11.7 Å². The molecular weight excluding hydrogens is 232 g/mol. The number of nitrogens with two attached hydrogens (primary N) is 1. The van der Waals surface area contributed by atoms with Crippen LogP contribution >= 0.6 is 0 Å². The highest BCUT2D eigenvalue weighted by Crippen LogP contribution is 2.10. The van der Waals surface area contributed by atoms with Crippen molar-refractivity contribution < 1.29 is 14.6 Å². The number of aromatic hydroxyl groups is 1. The first kappa shape index (κ1) is 14.5. The van der Waals surface area contributed by atoms with Gasteiger partial charge in [-0.2, -0.15) is 0 Å². The van der Waals surface area contributed by atoms with Crippen LogP contribution < -0.4 is 11.1 Å². The number of hydrogen-bond acceptors (Lipinski definition) is 4. The predicted molar refractivity (Wildman–Crippen MR) is 69.3 cm³/mol. The van der Waals surface area contributed by atoms with Crippen molar-refractivity contribution in [2.24, 2.45) is 5.73 Å². The van der Waals surface area contributed by atoms with Gasteiger partial charge in [-0.05, 0) is 30.5 Å². The van der Waals surface area contributed by atoms with Gasteiger partial charge in [-0.1, -0.05) is 12.1 Å². The first-order valence-corrected chi connectivity index (χ1v) is 5.93. The van der Waals surface area contributed by atoms with Gasteiger partial charge < -0.3 is 20.9 Å². The fourth-order valence-electron chi connectivity index (χ4n) is 1.54. The molecule has 0 spiro atoms. The van der Waals surface area contributed by atoms with Crippen molar-refractivity contribution in [1.82, 2.24) is 5.32 Å². The van der Waals surface area contributed by atoms with E-state index in [9.17, 15) is 4.79 Å². The second kappa shape index (κ2) is 7.68. The Hall–Kier alpha value is -1.59. The Kier molecular flexibility index (Phi) is 6.18. The number of benzene rings is 1. The van der Waals surface area contributed by atoms with Crippen molar-refractivity contribution in [1.29, 1.82) is 0 Å². The molecule has 1 atom stereocenters. The van der Waals surface area contributed by atoms with Crippen molar-refractivity contribution in [2.45, 2.75) is 18.9 Å². The van der Waals surface area contributed by atoms with Crippen molar-refractivity contribution in [3.05, 3.63) is 29.8 Å². The highest BCUT2D eigenvalue weighted by Gasteiger charge is 2.13. The molecule has 0 saturated heterocycles. The van der Waals surface area contributed by atoms with Gasteiger partial charge in [0.25, 0.3) is 0 Å². The highest BCUT2D eigenvalue weighted by atomic mass is 16.5. The molecule has 0 aliphatic carbocycles. The normalized spacial score (nSPS) is 12.1. The number of nitrogens with one attached hydrogen (secondary N) is 1. The zero-order valence-corrected chi connectivity index (χ0v) is 10.6. The van der Waals surface area contributed by atoms with Crippen LogP contribution in [-0.2, 0) is 16.0 Å². The Bertz CT molecular complexity index is 365. The van der Waals surface area contributed by atoms with Crippen LogP contribution in [0.15, 0.2) is 24.3 Å². The molecular formula is C13H20N2O3. The molecule has 0 saturated carbocycles. The summed E-state index contributed by atoms with van der Waals surface area (Å²) in [5, 5.41) is 11.9. The predicted octanol–water partition coefficient (Wildman–Crippen LogP) is 0.415. The lowest BCUT2D eigenvalue weighted by atomic mass is 10.1. The Morgan fingerprint density at radius 3 is 2.72 bits per heavy atom. The van der Waals surface area contributed by atoms with Crippen LogP contribution in [0.2, 0.25) is 0 Å². The van der Waals surface area contributed by atoms with Gasteiger partial charge in [0.05, 0.1) is 6.04 Å². The third-order valence-electron chi connectivity index (χ3n) is 2.55. The zero-order chi connectivity index (χ0) is 13.4. The molecule has 1 aromatic rings. The minimum atomic E-state index is -0.572. The first-order chi connectivity index (χ1) is 8.63. The number of ether oxygens (including phenoxy) is 1. The summed E-state index contributed by atoms with van der Waals surface area (Å²) in [4.78, 5) is 11.7. The van der Waals surface area contributed by atoms with E-state index in [2.05, 4.69) is 5.32 Å².